The molecule has 5 heteroatoms. The minimum absolute atomic E-state index is 0.144. The maximum Gasteiger partial charge on any atom is 0.344 e. The smallest absolute Gasteiger partial charge is 0.344 e. The van der Waals surface area contributed by atoms with Gasteiger partial charge < -0.3 is 14.8 Å². The van der Waals surface area contributed by atoms with Gasteiger partial charge in [0.05, 0.1) is 6.61 Å². The van der Waals surface area contributed by atoms with E-state index in [0.717, 1.165) is 17.7 Å². The Labute approximate surface area is 141 Å². The van der Waals surface area contributed by atoms with E-state index in [4.69, 9.17) is 9.47 Å². The van der Waals surface area contributed by atoms with Gasteiger partial charge in [0.1, 0.15) is 5.75 Å². The summed E-state index contributed by atoms with van der Waals surface area (Å²) in [5, 5.41) is 2.87. The molecule has 0 aromatic heterocycles. The molecule has 1 amide bonds. The maximum atomic E-state index is 12.2. The third-order valence-corrected chi connectivity index (χ3v) is 3.33. The zero-order valence-electron chi connectivity index (χ0n) is 13.9. The summed E-state index contributed by atoms with van der Waals surface area (Å²) in [7, 11) is 0. The molecule has 0 unspecified atom stereocenters. The Morgan fingerprint density at radius 3 is 2.42 bits per heavy atom. The maximum absolute atomic E-state index is 12.2. The molecule has 0 bridgehead atoms. The second-order valence-electron chi connectivity index (χ2n) is 5.30. The Morgan fingerprint density at radius 2 is 1.75 bits per heavy atom. The summed E-state index contributed by atoms with van der Waals surface area (Å²) in [4.78, 5) is 23.6. The summed E-state index contributed by atoms with van der Waals surface area (Å²) in [5.41, 5.74) is 2.29. The van der Waals surface area contributed by atoms with Crippen LogP contribution in [0.1, 0.15) is 29.3 Å². The molecule has 0 fully saturated rings. The van der Waals surface area contributed by atoms with E-state index in [1.165, 1.54) is 0 Å². The molecule has 5 nitrogen and oxygen atoms in total. The van der Waals surface area contributed by atoms with Crippen molar-refractivity contribution in [3.05, 3.63) is 59.7 Å². The van der Waals surface area contributed by atoms with Gasteiger partial charge in [-0.3, -0.25) is 4.79 Å². The second-order valence-corrected chi connectivity index (χ2v) is 5.30. The molecule has 0 aliphatic heterocycles. The molecule has 24 heavy (non-hydrogen) atoms. The van der Waals surface area contributed by atoms with Crippen LogP contribution in [0.4, 0.5) is 5.69 Å². The first-order chi connectivity index (χ1) is 11.6. The fourth-order valence-corrected chi connectivity index (χ4v) is 2.01. The summed E-state index contributed by atoms with van der Waals surface area (Å²) >= 11 is 0. The summed E-state index contributed by atoms with van der Waals surface area (Å²) in [6.07, 6.45) is 0.774. The first kappa shape index (κ1) is 17.5. The number of rotatable bonds is 7. The topological polar surface area (TPSA) is 64.6 Å². The van der Waals surface area contributed by atoms with Crippen LogP contribution >= 0.6 is 0 Å². The zero-order valence-corrected chi connectivity index (χ0v) is 13.9. The highest BCUT2D eigenvalue weighted by atomic mass is 16.6. The van der Waals surface area contributed by atoms with Gasteiger partial charge in [-0.05, 0) is 49.2 Å². The quantitative estimate of drug-likeness (QED) is 0.790. The van der Waals surface area contributed by atoms with E-state index in [2.05, 4.69) is 5.32 Å². The number of carbonyl (C=O) groups excluding carboxylic acids is 2. The zero-order chi connectivity index (χ0) is 17.4. The Bertz CT molecular complexity index is 695. The van der Waals surface area contributed by atoms with Gasteiger partial charge in [-0.2, -0.15) is 0 Å². The molecule has 2 aromatic rings. The predicted molar refractivity (Wildman–Crippen MR) is 92.3 cm³/mol. The second kappa shape index (κ2) is 8.72. The number of ether oxygens (including phenoxy) is 2. The fourth-order valence-electron chi connectivity index (χ4n) is 2.01. The van der Waals surface area contributed by atoms with Crippen LogP contribution in [0, 0.1) is 6.92 Å². The van der Waals surface area contributed by atoms with E-state index in [1.807, 2.05) is 38.1 Å². The summed E-state index contributed by atoms with van der Waals surface area (Å²) in [6.45, 7) is 4.11. The van der Waals surface area contributed by atoms with Gasteiger partial charge in [0.2, 0.25) is 0 Å². The van der Waals surface area contributed by atoms with Gasteiger partial charge >= 0.3 is 5.97 Å². The Morgan fingerprint density at radius 1 is 1.04 bits per heavy atom. The number of carbonyl (C=O) groups is 2. The molecule has 0 spiro atoms. The average molecular weight is 327 g/mol. The fraction of sp³-hybridized carbons (Fsp3) is 0.263. The van der Waals surface area contributed by atoms with Crippen molar-refractivity contribution in [1.82, 2.24) is 0 Å². The lowest BCUT2D eigenvalue weighted by Gasteiger charge is -2.09. The standard InChI is InChI=1S/C19H21NO4/c1-3-12-23-18(21)13-24-16-10-8-15(9-11-16)19(22)20-17-7-5-4-6-14(17)2/h4-11H,3,12-13H2,1-2H3,(H,20,22). The highest BCUT2D eigenvalue weighted by molar-refractivity contribution is 6.04. The van der Waals surface area contributed by atoms with Gasteiger partial charge in [-0.1, -0.05) is 25.1 Å². The van der Waals surface area contributed by atoms with Gasteiger partial charge in [0, 0.05) is 11.3 Å². The predicted octanol–water partition coefficient (Wildman–Crippen LogP) is 3.58. The number of hydrogen-bond acceptors (Lipinski definition) is 4. The number of anilines is 1. The molecule has 0 radical (unpaired) electrons. The van der Waals surface area contributed by atoms with Crippen LogP contribution < -0.4 is 10.1 Å². The van der Waals surface area contributed by atoms with Crippen molar-refractivity contribution in [3.8, 4) is 5.75 Å². The van der Waals surface area contributed by atoms with Crippen LogP contribution in [0.2, 0.25) is 0 Å². The molecule has 2 aromatic carbocycles. The van der Waals surface area contributed by atoms with Crippen molar-refractivity contribution in [2.75, 3.05) is 18.5 Å². The monoisotopic (exact) mass is 327 g/mol. The van der Waals surface area contributed by atoms with E-state index in [-0.39, 0.29) is 12.5 Å². The molecule has 0 aliphatic rings. The molecule has 0 saturated carbocycles. The van der Waals surface area contributed by atoms with Crippen molar-refractivity contribution >= 4 is 17.6 Å². The largest absolute Gasteiger partial charge is 0.482 e. The first-order valence-corrected chi connectivity index (χ1v) is 7.85. The van der Waals surface area contributed by atoms with Crippen LogP contribution in [-0.4, -0.2) is 25.1 Å². The SMILES string of the molecule is CCCOC(=O)COc1ccc(C(=O)Nc2ccccc2C)cc1. The molecular formula is C19H21NO4. The van der Waals surface area contributed by atoms with Gasteiger partial charge in [-0.15, -0.1) is 0 Å². The molecule has 0 heterocycles. The normalized spacial score (nSPS) is 10.1. The van der Waals surface area contributed by atoms with Crippen LogP contribution in [-0.2, 0) is 9.53 Å². The Kier molecular flexibility index (Phi) is 6.37. The van der Waals surface area contributed by atoms with Crippen molar-refractivity contribution in [3.63, 3.8) is 0 Å². The van der Waals surface area contributed by atoms with E-state index >= 15 is 0 Å². The lowest BCUT2D eigenvalue weighted by Crippen LogP contribution is -2.15. The summed E-state index contributed by atoms with van der Waals surface area (Å²) in [5.74, 6) is -0.0904. The van der Waals surface area contributed by atoms with Crippen LogP contribution in [0.3, 0.4) is 0 Å². The highest BCUT2D eigenvalue weighted by Crippen LogP contribution is 2.16. The minimum atomic E-state index is -0.404. The van der Waals surface area contributed by atoms with Gasteiger partial charge in [0.25, 0.3) is 5.91 Å². The van der Waals surface area contributed by atoms with Crippen molar-refractivity contribution in [1.29, 1.82) is 0 Å². The van der Waals surface area contributed by atoms with Crippen molar-refractivity contribution in [2.24, 2.45) is 0 Å². The van der Waals surface area contributed by atoms with Gasteiger partial charge in [0.15, 0.2) is 6.61 Å². The number of nitrogens with one attached hydrogen (secondary N) is 1. The lowest BCUT2D eigenvalue weighted by atomic mass is 10.1. The number of para-hydroxylation sites is 1. The van der Waals surface area contributed by atoms with E-state index in [1.54, 1.807) is 24.3 Å². The van der Waals surface area contributed by atoms with Crippen LogP contribution in [0.15, 0.2) is 48.5 Å². The van der Waals surface area contributed by atoms with E-state index in [9.17, 15) is 9.59 Å². The Hall–Kier alpha value is -2.82. The molecule has 0 atom stereocenters. The molecule has 0 aliphatic carbocycles. The van der Waals surface area contributed by atoms with Crippen LogP contribution in [0.5, 0.6) is 5.75 Å². The minimum Gasteiger partial charge on any atom is -0.482 e. The van der Waals surface area contributed by atoms with E-state index in [0.29, 0.717) is 17.9 Å². The van der Waals surface area contributed by atoms with Crippen LogP contribution in [0.25, 0.3) is 0 Å². The lowest BCUT2D eigenvalue weighted by molar-refractivity contribution is -0.146. The third-order valence-electron chi connectivity index (χ3n) is 3.33. The van der Waals surface area contributed by atoms with Crippen molar-refractivity contribution < 1.29 is 19.1 Å². The molecule has 1 N–H and O–H groups in total. The van der Waals surface area contributed by atoms with Gasteiger partial charge in [-0.25, -0.2) is 4.79 Å². The van der Waals surface area contributed by atoms with E-state index < -0.39 is 5.97 Å². The summed E-state index contributed by atoms with van der Waals surface area (Å²) < 4.78 is 10.3. The molecule has 2 rings (SSSR count). The number of amides is 1. The summed E-state index contributed by atoms with van der Waals surface area (Å²) in [6, 6.07) is 14.2. The number of hydrogen-bond donors (Lipinski definition) is 1. The average Bonchev–Trinajstić information content (AvgIpc) is 2.60. The number of benzene rings is 2. The Balaban J connectivity index is 1.90. The molecular weight excluding hydrogens is 306 g/mol. The molecule has 126 valence electrons. The third kappa shape index (κ3) is 5.12. The molecule has 0 saturated heterocycles. The number of esters is 1. The number of aryl methyl sites for hydroxylation is 1. The first-order valence-electron chi connectivity index (χ1n) is 7.85. The van der Waals surface area contributed by atoms with Crippen molar-refractivity contribution in [2.45, 2.75) is 20.3 Å². The highest BCUT2D eigenvalue weighted by Gasteiger charge is 2.08.